The SMILES string of the molecule is Cc1nn(C)c(CC(C)C(C)NC2CC2)c1Cl. The van der Waals surface area contributed by atoms with E-state index in [-0.39, 0.29) is 0 Å². The molecular weight excluding hydrogens is 234 g/mol. The van der Waals surface area contributed by atoms with E-state index in [0.29, 0.717) is 12.0 Å². The second kappa shape index (κ2) is 4.99. The molecule has 17 heavy (non-hydrogen) atoms. The first-order valence-electron chi connectivity index (χ1n) is 6.43. The third kappa shape index (κ3) is 3.02. The molecule has 0 bridgehead atoms. The van der Waals surface area contributed by atoms with Crippen LogP contribution in [-0.2, 0) is 13.5 Å². The highest BCUT2D eigenvalue weighted by Crippen LogP contribution is 2.25. The zero-order valence-corrected chi connectivity index (χ0v) is 11.9. The van der Waals surface area contributed by atoms with Crippen molar-refractivity contribution in [2.75, 3.05) is 0 Å². The first-order valence-corrected chi connectivity index (χ1v) is 6.81. The van der Waals surface area contributed by atoms with Crippen LogP contribution >= 0.6 is 11.6 Å². The highest BCUT2D eigenvalue weighted by molar-refractivity contribution is 6.31. The van der Waals surface area contributed by atoms with E-state index in [1.165, 1.54) is 12.8 Å². The summed E-state index contributed by atoms with van der Waals surface area (Å²) in [6.07, 6.45) is 3.66. The molecule has 0 radical (unpaired) electrons. The molecule has 3 nitrogen and oxygen atoms in total. The van der Waals surface area contributed by atoms with Crippen molar-refractivity contribution in [2.45, 2.75) is 52.1 Å². The Balaban J connectivity index is 1.98. The number of aromatic nitrogens is 2. The summed E-state index contributed by atoms with van der Waals surface area (Å²) in [5.74, 6) is 0.572. The van der Waals surface area contributed by atoms with E-state index in [1.807, 2.05) is 18.7 Å². The predicted molar refractivity (Wildman–Crippen MR) is 71.4 cm³/mol. The third-order valence-corrected chi connectivity index (χ3v) is 4.20. The van der Waals surface area contributed by atoms with Crippen molar-refractivity contribution in [2.24, 2.45) is 13.0 Å². The number of nitrogens with one attached hydrogen (secondary N) is 1. The molecule has 1 aromatic heterocycles. The zero-order valence-electron chi connectivity index (χ0n) is 11.1. The summed E-state index contributed by atoms with van der Waals surface area (Å²) in [7, 11) is 1.97. The fraction of sp³-hybridized carbons (Fsp3) is 0.769. The van der Waals surface area contributed by atoms with Crippen LogP contribution in [0.4, 0.5) is 0 Å². The van der Waals surface area contributed by atoms with Gasteiger partial charge in [-0.3, -0.25) is 4.68 Å². The summed E-state index contributed by atoms with van der Waals surface area (Å²) in [5.41, 5.74) is 2.08. The van der Waals surface area contributed by atoms with Crippen LogP contribution in [0.15, 0.2) is 0 Å². The second-order valence-corrected chi connectivity index (χ2v) is 5.76. The first kappa shape index (κ1) is 12.9. The van der Waals surface area contributed by atoms with Gasteiger partial charge >= 0.3 is 0 Å². The number of rotatable bonds is 5. The number of aryl methyl sites for hydroxylation is 2. The Bertz CT molecular complexity index is 396. The molecule has 0 aromatic carbocycles. The molecule has 1 saturated carbocycles. The molecular formula is C13H22ClN3. The van der Waals surface area contributed by atoms with E-state index in [0.717, 1.165) is 28.9 Å². The van der Waals surface area contributed by atoms with Crippen molar-refractivity contribution in [3.63, 3.8) is 0 Å². The summed E-state index contributed by atoms with van der Waals surface area (Å²) in [4.78, 5) is 0. The Kier molecular flexibility index (Phi) is 3.79. The highest BCUT2D eigenvalue weighted by atomic mass is 35.5. The number of nitrogens with zero attached hydrogens (tertiary/aromatic N) is 2. The molecule has 1 N–H and O–H groups in total. The molecule has 0 saturated heterocycles. The van der Waals surface area contributed by atoms with Gasteiger partial charge in [0.2, 0.25) is 0 Å². The third-order valence-electron chi connectivity index (χ3n) is 3.71. The van der Waals surface area contributed by atoms with E-state index in [1.54, 1.807) is 0 Å². The van der Waals surface area contributed by atoms with Crippen LogP contribution in [0.5, 0.6) is 0 Å². The van der Waals surface area contributed by atoms with Gasteiger partial charge in [-0.25, -0.2) is 0 Å². The Morgan fingerprint density at radius 3 is 2.59 bits per heavy atom. The fourth-order valence-corrected chi connectivity index (χ4v) is 2.41. The molecule has 4 heteroatoms. The van der Waals surface area contributed by atoms with Gasteiger partial charge in [0.05, 0.1) is 16.4 Å². The van der Waals surface area contributed by atoms with Crippen molar-refractivity contribution in [3.8, 4) is 0 Å². The summed E-state index contributed by atoms with van der Waals surface area (Å²) >= 11 is 6.28. The van der Waals surface area contributed by atoms with Crippen LogP contribution in [0.2, 0.25) is 5.02 Å². The van der Waals surface area contributed by atoms with Crippen LogP contribution < -0.4 is 5.32 Å². The van der Waals surface area contributed by atoms with E-state index in [4.69, 9.17) is 11.6 Å². The van der Waals surface area contributed by atoms with Crippen LogP contribution in [0.3, 0.4) is 0 Å². The van der Waals surface area contributed by atoms with Gasteiger partial charge in [-0.05, 0) is 39.0 Å². The minimum atomic E-state index is 0.536. The summed E-state index contributed by atoms with van der Waals surface area (Å²) in [5, 5.41) is 8.84. The lowest BCUT2D eigenvalue weighted by Gasteiger charge is -2.21. The van der Waals surface area contributed by atoms with Gasteiger partial charge in [0.15, 0.2) is 0 Å². The van der Waals surface area contributed by atoms with Gasteiger partial charge in [0.1, 0.15) is 0 Å². The van der Waals surface area contributed by atoms with Gasteiger partial charge in [-0.2, -0.15) is 5.10 Å². The zero-order chi connectivity index (χ0) is 12.6. The summed E-state index contributed by atoms with van der Waals surface area (Å²) < 4.78 is 1.91. The molecule has 2 rings (SSSR count). The molecule has 0 aliphatic heterocycles. The average Bonchev–Trinajstić information content (AvgIpc) is 3.03. The Morgan fingerprint density at radius 1 is 1.47 bits per heavy atom. The lowest BCUT2D eigenvalue weighted by Crippen LogP contribution is -2.35. The van der Waals surface area contributed by atoms with Crippen LogP contribution in [0, 0.1) is 12.8 Å². The van der Waals surface area contributed by atoms with Gasteiger partial charge < -0.3 is 5.32 Å². The summed E-state index contributed by atoms with van der Waals surface area (Å²) in [6, 6.07) is 1.30. The normalized spacial score (nSPS) is 19.4. The topological polar surface area (TPSA) is 29.9 Å². The van der Waals surface area contributed by atoms with E-state index >= 15 is 0 Å². The van der Waals surface area contributed by atoms with Gasteiger partial charge in [-0.1, -0.05) is 18.5 Å². The average molecular weight is 256 g/mol. The maximum Gasteiger partial charge on any atom is 0.0847 e. The molecule has 1 aliphatic rings. The Labute approximate surface area is 109 Å². The Hall–Kier alpha value is -0.540. The van der Waals surface area contributed by atoms with Crippen molar-refractivity contribution in [1.82, 2.24) is 15.1 Å². The summed E-state index contributed by atoms with van der Waals surface area (Å²) in [6.45, 7) is 6.50. The minimum absolute atomic E-state index is 0.536. The van der Waals surface area contributed by atoms with Crippen molar-refractivity contribution in [1.29, 1.82) is 0 Å². The lowest BCUT2D eigenvalue weighted by atomic mass is 9.97. The van der Waals surface area contributed by atoms with E-state index < -0.39 is 0 Å². The molecule has 1 aliphatic carbocycles. The highest BCUT2D eigenvalue weighted by Gasteiger charge is 2.26. The fourth-order valence-electron chi connectivity index (χ4n) is 2.17. The predicted octanol–water partition coefficient (Wildman–Crippen LogP) is 2.70. The molecule has 1 heterocycles. The largest absolute Gasteiger partial charge is 0.311 e. The van der Waals surface area contributed by atoms with Crippen molar-refractivity contribution >= 4 is 11.6 Å². The standard InChI is InChI=1S/C13H22ClN3/c1-8(9(2)15-11-5-6-11)7-12-13(14)10(3)16-17(12)4/h8-9,11,15H,5-7H2,1-4H3. The minimum Gasteiger partial charge on any atom is -0.311 e. The monoisotopic (exact) mass is 255 g/mol. The molecule has 0 amide bonds. The quantitative estimate of drug-likeness (QED) is 0.877. The maximum absolute atomic E-state index is 6.28. The molecule has 1 aromatic rings. The Morgan fingerprint density at radius 2 is 2.12 bits per heavy atom. The maximum atomic E-state index is 6.28. The number of hydrogen-bond donors (Lipinski definition) is 1. The molecule has 2 atom stereocenters. The molecule has 1 fully saturated rings. The molecule has 2 unspecified atom stereocenters. The molecule has 96 valence electrons. The van der Waals surface area contributed by atoms with Crippen LogP contribution in [0.25, 0.3) is 0 Å². The van der Waals surface area contributed by atoms with Crippen LogP contribution in [0.1, 0.15) is 38.1 Å². The van der Waals surface area contributed by atoms with Crippen molar-refractivity contribution in [3.05, 3.63) is 16.4 Å². The second-order valence-electron chi connectivity index (χ2n) is 5.38. The van der Waals surface area contributed by atoms with E-state index in [9.17, 15) is 0 Å². The first-order chi connectivity index (χ1) is 7.99. The van der Waals surface area contributed by atoms with Gasteiger partial charge in [-0.15, -0.1) is 0 Å². The van der Waals surface area contributed by atoms with Gasteiger partial charge in [0.25, 0.3) is 0 Å². The number of hydrogen-bond acceptors (Lipinski definition) is 2. The van der Waals surface area contributed by atoms with Gasteiger partial charge in [0, 0.05) is 19.1 Å². The smallest absolute Gasteiger partial charge is 0.0847 e. The van der Waals surface area contributed by atoms with E-state index in [2.05, 4.69) is 24.3 Å². The number of halogens is 1. The lowest BCUT2D eigenvalue weighted by molar-refractivity contribution is 0.389. The molecule has 0 spiro atoms. The van der Waals surface area contributed by atoms with Crippen LogP contribution in [-0.4, -0.2) is 21.9 Å². The van der Waals surface area contributed by atoms with Crippen molar-refractivity contribution < 1.29 is 0 Å².